The van der Waals surface area contributed by atoms with Crippen molar-refractivity contribution in [3.05, 3.63) is 23.8 Å². The van der Waals surface area contributed by atoms with E-state index in [9.17, 15) is 8.78 Å². The van der Waals surface area contributed by atoms with Crippen LogP contribution in [0.1, 0.15) is 5.56 Å². The van der Waals surface area contributed by atoms with Crippen LogP contribution in [0.25, 0.3) is 0 Å². The Labute approximate surface area is 122 Å². The lowest BCUT2D eigenvalue weighted by Crippen LogP contribution is -2.37. The molecule has 0 spiro atoms. The van der Waals surface area contributed by atoms with Crippen LogP contribution in [0.4, 0.5) is 8.78 Å². The van der Waals surface area contributed by atoms with E-state index < -0.39 is 6.61 Å². The SMILES string of the molecule is C#CCNC(=NC)NCc1cc(OC)ccc1OC(F)F. The van der Waals surface area contributed by atoms with Crippen LogP contribution in [-0.4, -0.2) is 33.3 Å². The van der Waals surface area contributed by atoms with Crippen molar-refractivity contribution in [2.45, 2.75) is 13.2 Å². The second-order valence-corrected chi connectivity index (χ2v) is 3.84. The van der Waals surface area contributed by atoms with Crippen LogP contribution >= 0.6 is 0 Å². The van der Waals surface area contributed by atoms with E-state index in [0.29, 0.717) is 23.8 Å². The maximum Gasteiger partial charge on any atom is 0.387 e. The number of alkyl halides is 2. The number of aliphatic imine (C=N–C) groups is 1. The first kappa shape index (κ1) is 16.6. The lowest BCUT2D eigenvalue weighted by molar-refractivity contribution is -0.0504. The molecule has 0 aliphatic heterocycles. The molecule has 0 radical (unpaired) electrons. The summed E-state index contributed by atoms with van der Waals surface area (Å²) in [5, 5.41) is 5.81. The Morgan fingerprint density at radius 1 is 1.43 bits per heavy atom. The van der Waals surface area contributed by atoms with Gasteiger partial charge in [0.15, 0.2) is 5.96 Å². The van der Waals surface area contributed by atoms with Crippen LogP contribution in [0.3, 0.4) is 0 Å². The molecule has 0 fully saturated rings. The number of methoxy groups -OCH3 is 1. The van der Waals surface area contributed by atoms with Crippen LogP contribution in [0.15, 0.2) is 23.2 Å². The summed E-state index contributed by atoms with van der Waals surface area (Å²) < 4.78 is 34.3. The molecule has 5 nitrogen and oxygen atoms in total. The minimum Gasteiger partial charge on any atom is -0.497 e. The van der Waals surface area contributed by atoms with Crippen molar-refractivity contribution in [2.75, 3.05) is 20.7 Å². The molecule has 0 atom stereocenters. The molecule has 0 amide bonds. The standard InChI is InChI=1S/C14H17F2N3O2/c1-4-7-18-14(17-2)19-9-10-8-11(20-3)5-6-12(10)21-13(15)16/h1,5-6,8,13H,7,9H2,2-3H3,(H2,17,18,19). The third-order valence-corrected chi connectivity index (χ3v) is 2.51. The number of rotatable bonds is 6. The number of hydrogen-bond acceptors (Lipinski definition) is 3. The first-order valence-electron chi connectivity index (χ1n) is 6.10. The molecule has 2 N–H and O–H groups in total. The van der Waals surface area contributed by atoms with Crippen LogP contribution in [-0.2, 0) is 6.54 Å². The van der Waals surface area contributed by atoms with E-state index in [1.54, 1.807) is 19.2 Å². The number of nitrogens with zero attached hydrogens (tertiary/aromatic N) is 1. The summed E-state index contributed by atoms with van der Waals surface area (Å²) in [5.74, 6) is 3.48. The fraction of sp³-hybridized carbons (Fsp3) is 0.357. The summed E-state index contributed by atoms with van der Waals surface area (Å²) in [7, 11) is 3.07. The maximum absolute atomic E-state index is 12.4. The van der Waals surface area contributed by atoms with Gasteiger partial charge in [0.1, 0.15) is 11.5 Å². The molecule has 7 heteroatoms. The zero-order chi connectivity index (χ0) is 15.7. The third kappa shape index (κ3) is 5.57. The molecule has 0 saturated carbocycles. The number of benzene rings is 1. The predicted molar refractivity (Wildman–Crippen MR) is 76.7 cm³/mol. The van der Waals surface area contributed by atoms with Gasteiger partial charge in [-0.05, 0) is 18.2 Å². The van der Waals surface area contributed by atoms with Gasteiger partial charge >= 0.3 is 6.61 Å². The van der Waals surface area contributed by atoms with Gasteiger partial charge in [-0.15, -0.1) is 6.42 Å². The topological polar surface area (TPSA) is 54.9 Å². The van der Waals surface area contributed by atoms with Crippen molar-refractivity contribution in [3.63, 3.8) is 0 Å². The van der Waals surface area contributed by atoms with Crippen molar-refractivity contribution >= 4 is 5.96 Å². The number of halogens is 2. The van der Waals surface area contributed by atoms with Crippen molar-refractivity contribution in [1.29, 1.82) is 0 Å². The first-order valence-corrected chi connectivity index (χ1v) is 6.10. The van der Waals surface area contributed by atoms with Gasteiger partial charge in [0.25, 0.3) is 0 Å². The molecule has 114 valence electrons. The third-order valence-electron chi connectivity index (χ3n) is 2.51. The fourth-order valence-corrected chi connectivity index (χ4v) is 1.57. The van der Waals surface area contributed by atoms with Crippen molar-refractivity contribution in [2.24, 2.45) is 4.99 Å². The smallest absolute Gasteiger partial charge is 0.387 e. The van der Waals surface area contributed by atoms with Gasteiger partial charge in [0.2, 0.25) is 0 Å². The van der Waals surface area contributed by atoms with Crippen molar-refractivity contribution in [1.82, 2.24) is 10.6 Å². The first-order chi connectivity index (χ1) is 10.1. The molecular formula is C14H17F2N3O2. The molecule has 0 heterocycles. The van der Waals surface area contributed by atoms with Gasteiger partial charge in [-0.25, -0.2) is 0 Å². The number of guanidine groups is 1. The van der Waals surface area contributed by atoms with Crippen LogP contribution in [0.5, 0.6) is 11.5 Å². The molecule has 21 heavy (non-hydrogen) atoms. The summed E-state index contributed by atoms with van der Waals surface area (Å²) in [6, 6.07) is 4.59. The van der Waals surface area contributed by atoms with Gasteiger partial charge < -0.3 is 20.1 Å². The van der Waals surface area contributed by atoms with Gasteiger partial charge in [-0.1, -0.05) is 5.92 Å². The van der Waals surface area contributed by atoms with Crippen LogP contribution in [0, 0.1) is 12.3 Å². The molecule has 0 aliphatic carbocycles. The molecule has 1 rings (SSSR count). The van der Waals surface area contributed by atoms with Gasteiger partial charge in [-0.2, -0.15) is 8.78 Å². The zero-order valence-corrected chi connectivity index (χ0v) is 11.8. The second kappa shape index (κ2) is 8.64. The highest BCUT2D eigenvalue weighted by Crippen LogP contribution is 2.25. The molecule has 0 bridgehead atoms. The molecule has 1 aromatic carbocycles. The van der Waals surface area contributed by atoms with Crippen molar-refractivity contribution < 1.29 is 18.3 Å². The van der Waals surface area contributed by atoms with Gasteiger partial charge in [0.05, 0.1) is 13.7 Å². The highest BCUT2D eigenvalue weighted by Gasteiger charge is 2.11. The van der Waals surface area contributed by atoms with E-state index in [4.69, 9.17) is 11.2 Å². The quantitative estimate of drug-likeness (QED) is 0.476. The van der Waals surface area contributed by atoms with Crippen LogP contribution in [0.2, 0.25) is 0 Å². The molecule has 0 aromatic heterocycles. The Bertz CT molecular complexity index is 527. The molecule has 0 aliphatic rings. The number of terminal acetylenes is 1. The monoisotopic (exact) mass is 297 g/mol. The summed E-state index contributed by atoms with van der Waals surface area (Å²) in [6.07, 6.45) is 5.14. The summed E-state index contributed by atoms with van der Waals surface area (Å²) in [5.41, 5.74) is 0.512. The largest absolute Gasteiger partial charge is 0.497 e. The maximum atomic E-state index is 12.4. The molecule has 0 saturated heterocycles. The Hall–Kier alpha value is -2.49. The van der Waals surface area contributed by atoms with Crippen LogP contribution < -0.4 is 20.1 Å². The average molecular weight is 297 g/mol. The number of nitrogens with one attached hydrogen (secondary N) is 2. The Balaban J connectivity index is 2.81. The van der Waals surface area contributed by atoms with E-state index in [1.807, 2.05) is 0 Å². The highest BCUT2D eigenvalue weighted by molar-refractivity contribution is 5.79. The summed E-state index contributed by atoms with van der Waals surface area (Å²) in [6.45, 7) is -2.36. The molecule has 1 aromatic rings. The van der Waals surface area contributed by atoms with E-state index >= 15 is 0 Å². The Morgan fingerprint density at radius 3 is 2.76 bits per heavy atom. The normalized spacial score (nSPS) is 11.0. The van der Waals surface area contributed by atoms with E-state index in [1.165, 1.54) is 13.2 Å². The lowest BCUT2D eigenvalue weighted by atomic mass is 10.2. The predicted octanol–water partition coefficient (Wildman–Crippen LogP) is 1.59. The van der Waals surface area contributed by atoms with Gasteiger partial charge in [0, 0.05) is 19.2 Å². The summed E-state index contributed by atoms with van der Waals surface area (Å²) >= 11 is 0. The second-order valence-electron chi connectivity index (χ2n) is 3.84. The lowest BCUT2D eigenvalue weighted by Gasteiger charge is -2.14. The minimum atomic E-state index is -2.89. The van der Waals surface area contributed by atoms with E-state index in [2.05, 4.69) is 26.3 Å². The number of ether oxygens (including phenoxy) is 2. The Morgan fingerprint density at radius 2 is 2.19 bits per heavy atom. The Kier molecular flexibility index (Phi) is 6.81. The number of hydrogen-bond donors (Lipinski definition) is 2. The van der Waals surface area contributed by atoms with Gasteiger partial charge in [-0.3, -0.25) is 4.99 Å². The zero-order valence-electron chi connectivity index (χ0n) is 11.8. The molecule has 0 unspecified atom stereocenters. The van der Waals surface area contributed by atoms with E-state index in [-0.39, 0.29) is 12.3 Å². The average Bonchev–Trinajstić information content (AvgIpc) is 2.48. The fourth-order valence-electron chi connectivity index (χ4n) is 1.57. The van der Waals surface area contributed by atoms with E-state index in [0.717, 1.165) is 0 Å². The highest BCUT2D eigenvalue weighted by atomic mass is 19.3. The summed E-state index contributed by atoms with van der Waals surface area (Å²) in [4.78, 5) is 3.95. The molecular weight excluding hydrogens is 280 g/mol. The minimum absolute atomic E-state index is 0.0747. The van der Waals surface area contributed by atoms with Crippen molar-refractivity contribution in [3.8, 4) is 23.8 Å².